The van der Waals surface area contributed by atoms with E-state index in [2.05, 4.69) is 12.1 Å². The number of hydrogen-bond donors (Lipinski definition) is 4. The molecule has 0 atom stereocenters. The minimum absolute atomic E-state index is 0.377. The molecule has 0 bridgehead atoms. The van der Waals surface area contributed by atoms with Gasteiger partial charge < -0.3 is 5.11 Å². The Morgan fingerprint density at radius 3 is 1.74 bits per heavy atom. The molecule has 4 N–H and O–H groups in total. The molecule has 0 heterocycles. The molecule has 5 nitrogen and oxygen atoms in total. The van der Waals surface area contributed by atoms with Crippen molar-refractivity contribution in [2.45, 2.75) is 44.4 Å². The van der Waals surface area contributed by atoms with Gasteiger partial charge in [-0.15, -0.1) is 0 Å². The summed E-state index contributed by atoms with van der Waals surface area (Å²) in [6, 6.07) is 7.76. The SMILES string of the molecule is Oc1ccc(C2CCCCCC2)cc1.[O-][Cl+](O)(O)O. The molecule has 1 saturated carbocycles. The molecule has 0 unspecified atom stereocenters. The molecule has 0 aromatic heterocycles. The first-order valence-electron chi connectivity index (χ1n) is 6.31. The van der Waals surface area contributed by atoms with Crippen LogP contribution in [-0.4, -0.2) is 19.1 Å². The quantitative estimate of drug-likeness (QED) is 0.578. The van der Waals surface area contributed by atoms with Crippen LogP contribution in [0.2, 0.25) is 0 Å². The maximum atomic E-state index is 9.21. The van der Waals surface area contributed by atoms with E-state index in [0.29, 0.717) is 5.75 Å². The van der Waals surface area contributed by atoms with Gasteiger partial charge in [-0.2, -0.15) is 0 Å². The van der Waals surface area contributed by atoms with Crippen molar-refractivity contribution in [1.29, 1.82) is 0 Å². The summed E-state index contributed by atoms with van der Waals surface area (Å²) >= 11 is 0. The minimum atomic E-state index is -4.19. The maximum absolute atomic E-state index is 9.21. The Labute approximate surface area is 114 Å². The molecule has 0 saturated heterocycles. The molecule has 1 aliphatic rings. The summed E-state index contributed by atoms with van der Waals surface area (Å²) in [4.78, 5) is 0. The fourth-order valence-corrected chi connectivity index (χ4v) is 2.36. The standard InChI is InChI=1S/C13H18O.ClH3O4/c14-13-9-7-12(8-10-13)11-5-3-1-2-4-6-11;2-1(3,4)5/h7-11,14H,1-6H2;2-4H. The fourth-order valence-electron chi connectivity index (χ4n) is 2.36. The van der Waals surface area contributed by atoms with E-state index in [1.165, 1.54) is 44.1 Å². The van der Waals surface area contributed by atoms with Gasteiger partial charge in [0, 0.05) is 0 Å². The molecule has 0 radical (unpaired) electrons. The van der Waals surface area contributed by atoms with Crippen molar-refractivity contribution in [3.8, 4) is 5.75 Å². The van der Waals surface area contributed by atoms with Gasteiger partial charge in [-0.05, 0) is 36.5 Å². The van der Waals surface area contributed by atoms with Gasteiger partial charge in [0.05, 0.1) is 0 Å². The van der Waals surface area contributed by atoms with Crippen LogP contribution in [0.4, 0.5) is 0 Å². The van der Waals surface area contributed by atoms with Gasteiger partial charge in [-0.3, -0.25) is 0 Å². The normalized spacial score (nSPS) is 18.1. The van der Waals surface area contributed by atoms with Crippen molar-refractivity contribution >= 4 is 0 Å². The third-order valence-electron chi connectivity index (χ3n) is 3.22. The van der Waals surface area contributed by atoms with Crippen LogP contribution in [0.5, 0.6) is 5.75 Å². The van der Waals surface area contributed by atoms with E-state index in [-0.39, 0.29) is 0 Å². The van der Waals surface area contributed by atoms with Gasteiger partial charge >= 0.3 is 28.9 Å². The number of phenolic OH excluding ortho intramolecular Hbond substituents is 1. The second-order valence-electron chi connectivity index (χ2n) is 4.71. The Kier molecular flexibility index (Phi) is 6.54. The second-order valence-corrected chi connectivity index (χ2v) is 5.58. The first-order valence-corrected chi connectivity index (χ1v) is 7.63. The van der Waals surface area contributed by atoms with E-state index >= 15 is 0 Å². The molecule has 0 amide bonds. The molecular formula is C13H21ClO5. The summed E-state index contributed by atoms with van der Waals surface area (Å²) in [5.41, 5.74) is 1.41. The molecule has 2 rings (SSSR count). The summed E-state index contributed by atoms with van der Waals surface area (Å²) < 4.78 is 30.2. The Balaban J connectivity index is 0.000000312. The van der Waals surface area contributed by atoms with E-state index in [1.807, 2.05) is 0 Å². The van der Waals surface area contributed by atoms with Crippen molar-refractivity contribution in [2.75, 3.05) is 0 Å². The molecule has 0 spiro atoms. The molecule has 110 valence electrons. The van der Waals surface area contributed by atoms with Crippen LogP contribution in [0.15, 0.2) is 24.3 Å². The molecule has 1 aromatic rings. The van der Waals surface area contributed by atoms with E-state index in [1.54, 1.807) is 12.1 Å². The van der Waals surface area contributed by atoms with Gasteiger partial charge in [-0.1, -0.05) is 37.8 Å². The molecule has 1 aromatic carbocycles. The van der Waals surface area contributed by atoms with Gasteiger partial charge in [0.15, 0.2) is 0 Å². The number of hydrogen-bond acceptors (Lipinski definition) is 5. The Bertz CT molecular complexity index is 346. The third kappa shape index (κ3) is 8.02. The predicted molar refractivity (Wildman–Crippen MR) is 65.2 cm³/mol. The van der Waals surface area contributed by atoms with Crippen molar-refractivity contribution in [3.05, 3.63) is 29.8 Å². The molecule has 1 fully saturated rings. The Morgan fingerprint density at radius 1 is 0.895 bits per heavy atom. The topological polar surface area (TPSA) is 104 Å². The van der Waals surface area contributed by atoms with Crippen molar-refractivity contribution in [1.82, 2.24) is 0 Å². The zero-order chi connectivity index (χ0) is 14.3. The zero-order valence-corrected chi connectivity index (χ0v) is 11.5. The average Bonchev–Trinajstić information content (AvgIpc) is 2.56. The van der Waals surface area contributed by atoms with Crippen LogP contribution in [0.1, 0.15) is 50.0 Å². The van der Waals surface area contributed by atoms with Gasteiger partial charge in [0.25, 0.3) is 0 Å². The Hall–Kier alpha value is -0.850. The molecule has 0 aliphatic heterocycles. The summed E-state index contributed by atoms with van der Waals surface area (Å²) in [6.07, 6.45) is 8.18. The number of benzene rings is 1. The molecule has 6 heteroatoms. The van der Waals surface area contributed by atoms with Crippen LogP contribution >= 0.6 is 0 Å². The summed E-state index contributed by atoms with van der Waals surface area (Å²) in [7, 11) is -4.19. The summed E-state index contributed by atoms with van der Waals surface area (Å²) in [5.74, 6) is 1.11. The Morgan fingerprint density at radius 2 is 1.32 bits per heavy atom. The van der Waals surface area contributed by atoms with Crippen LogP contribution in [0.3, 0.4) is 0 Å². The fraction of sp³-hybridized carbons (Fsp3) is 0.538. The monoisotopic (exact) mass is 292 g/mol. The average molecular weight is 293 g/mol. The first kappa shape index (κ1) is 16.2. The van der Waals surface area contributed by atoms with Gasteiger partial charge in [0.1, 0.15) is 5.75 Å². The van der Waals surface area contributed by atoms with Crippen LogP contribution in [-0.2, 0) is 0 Å². The van der Waals surface area contributed by atoms with E-state index in [0.717, 1.165) is 5.92 Å². The third-order valence-corrected chi connectivity index (χ3v) is 3.22. The number of phenols is 1. The summed E-state index contributed by atoms with van der Waals surface area (Å²) in [5, 5.41) is 9.21. The second kappa shape index (κ2) is 7.67. The molecule has 19 heavy (non-hydrogen) atoms. The van der Waals surface area contributed by atoms with E-state index in [9.17, 15) is 5.11 Å². The summed E-state index contributed by atoms with van der Waals surface area (Å²) in [6.45, 7) is 0. The zero-order valence-electron chi connectivity index (χ0n) is 10.7. The van der Waals surface area contributed by atoms with Crippen molar-refractivity contribution < 1.29 is 34.0 Å². The van der Waals surface area contributed by atoms with Crippen LogP contribution in [0.25, 0.3) is 0 Å². The van der Waals surface area contributed by atoms with Crippen LogP contribution < -0.4 is 4.66 Å². The van der Waals surface area contributed by atoms with E-state index in [4.69, 9.17) is 18.6 Å². The predicted octanol–water partition coefficient (Wildman–Crippen LogP) is 0.970. The number of aromatic hydroxyl groups is 1. The van der Waals surface area contributed by atoms with Gasteiger partial charge in [-0.25, -0.2) is 0 Å². The first-order chi connectivity index (χ1) is 8.86. The molecule has 1 aliphatic carbocycles. The van der Waals surface area contributed by atoms with Crippen LogP contribution in [0, 0.1) is 10.2 Å². The van der Waals surface area contributed by atoms with E-state index < -0.39 is 10.2 Å². The van der Waals surface area contributed by atoms with Crippen molar-refractivity contribution in [3.63, 3.8) is 0 Å². The number of halogens is 1. The number of rotatable bonds is 1. The van der Waals surface area contributed by atoms with Crippen molar-refractivity contribution in [2.24, 2.45) is 0 Å². The molecular weight excluding hydrogens is 272 g/mol. The van der Waals surface area contributed by atoms with Gasteiger partial charge in [0.2, 0.25) is 0 Å².